The van der Waals surface area contributed by atoms with E-state index in [0.29, 0.717) is 6.42 Å². The Morgan fingerprint density at radius 2 is 2.21 bits per heavy atom. The summed E-state index contributed by atoms with van der Waals surface area (Å²) in [5.41, 5.74) is 1.01. The Morgan fingerprint density at radius 1 is 1.47 bits per heavy atom. The lowest BCUT2D eigenvalue weighted by atomic mass is 10.0. The van der Waals surface area contributed by atoms with E-state index in [0.717, 1.165) is 10.0 Å². The van der Waals surface area contributed by atoms with Gasteiger partial charge in [0.2, 0.25) is 5.91 Å². The predicted octanol–water partition coefficient (Wildman–Crippen LogP) is 2.28. The normalized spacial score (nSPS) is 11.7. The molecule has 0 aliphatic rings. The van der Waals surface area contributed by atoms with Crippen molar-refractivity contribution in [3.8, 4) is 0 Å². The molecule has 104 valence electrons. The molecule has 0 radical (unpaired) electrons. The van der Waals surface area contributed by atoms with Crippen molar-refractivity contribution in [1.29, 1.82) is 0 Å². The van der Waals surface area contributed by atoms with E-state index in [4.69, 9.17) is 11.6 Å². The highest BCUT2D eigenvalue weighted by Crippen LogP contribution is 2.14. The van der Waals surface area contributed by atoms with Gasteiger partial charge in [0.15, 0.2) is 0 Å². The number of hydrogen-bond donors (Lipinski definition) is 1. The summed E-state index contributed by atoms with van der Waals surface area (Å²) < 4.78 is 5.57. The monoisotopic (exact) mass is 347 g/mol. The molecule has 0 heterocycles. The lowest BCUT2D eigenvalue weighted by Gasteiger charge is -2.17. The van der Waals surface area contributed by atoms with Crippen molar-refractivity contribution in [2.45, 2.75) is 18.9 Å². The zero-order valence-electron chi connectivity index (χ0n) is 10.5. The number of rotatable bonds is 6. The summed E-state index contributed by atoms with van der Waals surface area (Å²) in [4.78, 5) is 22.7. The molecule has 0 bridgehead atoms. The smallest absolute Gasteiger partial charge is 0.307 e. The van der Waals surface area contributed by atoms with Crippen molar-refractivity contribution >= 4 is 39.4 Å². The molecular formula is C13H15BrClNO3. The summed E-state index contributed by atoms with van der Waals surface area (Å²) in [6.45, 7) is 0. The van der Waals surface area contributed by atoms with Gasteiger partial charge in [-0.25, -0.2) is 0 Å². The van der Waals surface area contributed by atoms with Gasteiger partial charge in [-0.3, -0.25) is 9.59 Å². The van der Waals surface area contributed by atoms with Crippen molar-refractivity contribution in [2.75, 3.05) is 13.0 Å². The zero-order chi connectivity index (χ0) is 14.3. The van der Waals surface area contributed by atoms with Gasteiger partial charge in [0.25, 0.3) is 0 Å². The van der Waals surface area contributed by atoms with E-state index in [1.54, 1.807) is 0 Å². The van der Waals surface area contributed by atoms with Crippen LogP contribution in [0.1, 0.15) is 12.0 Å². The van der Waals surface area contributed by atoms with Gasteiger partial charge in [-0.2, -0.15) is 0 Å². The average molecular weight is 349 g/mol. The van der Waals surface area contributed by atoms with Gasteiger partial charge >= 0.3 is 5.97 Å². The number of amides is 1. The van der Waals surface area contributed by atoms with Crippen molar-refractivity contribution in [3.05, 3.63) is 34.3 Å². The fourth-order valence-electron chi connectivity index (χ4n) is 1.67. The minimum atomic E-state index is -0.366. The third kappa shape index (κ3) is 6.07. The summed E-state index contributed by atoms with van der Waals surface area (Å²) in [5.74, 6) is -0.795. The SMILES string of the molecule is COC(=O)C[C@@H](Cc1cccc(Br)c1)NC(=O)CCl. The number of esters is 1. The molecule has 1 aromatic rings. The topological polar surface area (TPSA) is 55.4 Å². The van der Waals surface area contributed by atoms with Crippen LogP contribution in [0.2, 0.25) is 0 Å². The molecular weight excluding hydrogens is 334 g/mol. The Balaban J connectivity index is 2.72. The second kappa shape index (κ2) is 8.17. The molecule has 1 amide bonds. The van der Waals surface area contributed by atoms with Crippen LogP contribution in [-0.2, 0) is 20.7 Å². The fraction of sp³-hybridized carbons (Fsp3) is 0.385. The molecule has 4 nitrogen and oxygen atoms in total. The Bertz CT molecular complexity index is 435. The van der Waals surface area contributed by atoms with Crippen LogP contribution in [-0.4, -0.2) is 30.9 Å². The third-order valence-corrected chi connectivity index (χ3v) is 3.23. The van der Waals surface area contributed by atoms with E-state index in [1.165, 1.54) is 7.11 Å². The van der Waals surface area contributed by atoms with Crippen molar-refractivity contribution in [3.63, 3.8) is 0 Å². The summed E-state index contributed by atoms with van der Waals surface area (Å²) in [6, 6.07) is 7.36. The first-order chi connectivity index (χ1) is 9.05. The average Bonchev–Trinajstić information content (AvgIpc) is 2.38. The highest BCUT2D eigenvalue weighted by atomic mass is 79.9. The lowest BCUT2D eigenvalue weighted by Crippen LogP contribution is -2.39. The van der Waals surface area contributed by atoms with E-state index in [-0.39, 0.29) is 30.2 Å². The molecule has 1 aromatic carbocycles. The molecule has 1 atom stereocenters. The van der Waals surface area contributed by atoms with Gasteiger partial charge in [0.1, 0.15) is 5.88 Å². The summed E-state index contributed by atoms with van der Waals surface area (Å²) in [6.07, 6.45) is 0.656. The van der Waals surface area contributed by atoms with E-state index in [1.807, 2.05) is 24.3 Å². The Kier molecular flexibility index (Phi) is 6.87. The van der Waals surface area contributed by atoms with Gasteiger partial charge in [0, 0.05) is 10.5 Å². The van der Waals surface area contributed by atoms with Gasteiger partial charge in [0.05, 0.1) is 13.5 Å². The maximum atomic E-state index is 11.3. The number of carbonyl (C=O) groups is 2. The second-order valence-corrected chi connectivity index (χ2v) is 5.20. The molecule has 0 saturated carbocycles. The van der Waals surface area contributed by atoms with Crippen LogP contribution >= 0.6 is 27.5 Å². The molecule has 0 aromatic heterocycles. The largest absolute Gasteiger partial charge is 0.469 e. The van der Waals surface area contributed by atoms with E-state index >= 15 is 0 Å². The second-order valence-electron chi connectivity index (χ2n) is 4.01. The van der Waals surface area contributed by atoms with E-state index in [2.05, 4.69) is 26.0 Å². The number of benzene rings is 1. The van der Waals surface area contributed by atoms with Crippen LogP contribution in [0.5, 0.6) is 0 Å². The summed E-state index contributed by atoms with van der Waals surface area (Å²) in [5, 5.41) is 2.71. The molecule has 19 heavy (non-hydrogen) atoms. The molecule has 0 spiro atoms. The molecule has 0 fully saturated rings. The minimum Gasteiger partial charge on any atom is -0.469 e. The molecule has 0 aliphatic carbocycles. The quantitative estimate of drug-likeness (QED) is 0.634. The predicted molar refractivity (Wildman–Crippen MR) is 77.1 cm³/mol. The van der Waals surface area contributed by atoms with Crippen molar-refractivity contribution in [1.82, 2.24) is 5.32 Å². The van der Waals surface area contributed by atoms with E-state index < -0.39 is 0 Å². The van der Waals surface area contributed by atoms with Crippen LogP contribution in [0, 0.1) is 0 Å². The number of halogens is 2. The van der Waals surface area contributed by atoms with E-state index in [9.17, 15) is 9.59 Å². The third-order valence-electron chi connectivity index (χ3n) is 2.50. The maximum absolute atomic E-state index is 11.3. The first-order valence-electron chi connectivity index (χ1n) is 5.71. The van der Waals surface area contributed by atoms with Crippen LogP contribution < -0.4 is 5.32 Å². The van der Waals surface area contributed by atoms with Crippen LogP contribution in [0.4, 0.5) is 0 Å². The van der Waals surface area contributed by atoms with Gasteiger partial charge in [-0.15, -0.1) is 11.6 Å². The fourth-order valence-corrected chi connectivity index (χ4v) is 2.20. The molecule has 0 aliphatic heterocycles. The number of alkyl halides is 1. The highest BCUT2D eigenvalue weighted by molar-refractivity contribution is 9.10. The number of hydrogen-bond acceptors (Lipinski definition) is 3. The zero-order valence-corrected chi connectivity index (χ0v) is 12.8. The van der Waals surface area contributed by atoms with Crippen LogP contribution in [0.25, 0.3) is 0 Å². The standard InChI is InChI=1S/C13H15BrClNO3/c1-19-13(18)7-11(16-12(17)8-15)6-9-3-2-4-10(14)5-9/h2-5,11H,6-8H2,1H3,(H,16,17)/t11-/m1/s1. The Labute approximate surface area is 125 Å². The first-order valence-corrected chi connectivity index (χ1v) is 7.04. The van der Waals surface area contributed by atoms with Crippen molar-refractivity contribution < 1.29 is 14.3 Å². The molecule has 0 unspecified atom stereocenters. The van der Waals surface area contributed by atoms with Gasteiger partial charge in [-0.1, -0.05) is 28.1 Å². The molecule has 6 heteroatoms. The molecule has 0 saturated heterocycles. The minimum absolute atomic E-state index is 0.117. The van der Waals surface area contributed by atoms with Crippen LogP contribution in [0.3, 0.4) is 0 Å². The summed E-state index contributed by atoms with van der Waals surface area (Å²) >= 11 is 8.84. The van der Waals surface area contributed by atoms with Crippen molar-refractivity contribution in [2.24, 2.45) is 0 Å². The van der Waals surface area contributed by atoms with Crippen LogP contribution in [0.15, 0.2) is 28.7 Å². The Hall–Kier alpha value is -1.07. The Morgan fingerprint density at radius 3 is 2.79 bits per heavy atom. The number of ether oxygens (including phenoxy) is 1. The summed E-state index contributed by atoms with van der Waals surface area (Å²) in [7, 11) is 1.32. The number of methoxy groups -OCH3 is 1. The number of carbonyl (C=O) groups excluding carboxylic acids is 2. The van der Waals surface area contributed by atoms with Gasteiger partial charge < -0.3 is 10.1 Å². The maximum Gasteiger partial charge on any atom is 0.307 e. The van der Waals surface area contributed by atoms with Gasteiger partial charge in [-0.05, 0) is 24.1 Å². The molecule has 1 rings (SSSR count). The lowest BCUT2D eigenvalue weighted by molar-refractivity contribution is -0.141. The number of nitrogens with one attached hydrogen (secondary N) is 1. The molecule has 1 N–H and O–H groups in total. The first kappa shape index (κ1) is 16.0. The highest BCUT2D eigenvalue weighted by Gasteiger charge is 2.17.